The second-order valence-corrected chi connectivity index (χ2v) is 7.60. The van der Waals surface area contributed by atoms with E-state index in [0.717, 1.165) is 12.8 Å². The molecule has 0 radical (unpaired) electrons. The van der Waals surface area contributed by atoms with Crippen LogP contribution in [0, 0.1) is 5.41 Å². The van der Waals surface area contributed by atoms with Crippen molar-refractivity contribution < 1.29 is 23.9 Å². The smallest absolute Gasteiger partial charge is 0.434 e. The largest absolute Gasteiger partial charge is 0.513 e. The number of nitrogens with zero attached hydrogens (tertiary/aromatic N) is 1. The zero-order chi connectivity index (χ0) is 20.0. The maximum Gasteiger partial charge on any atom is 0.513 e. The summed E-state index contributed by atoms with van der Waals surface area (Å²) >= 11 is 0. The van der Waals surface area contributed by atoms with Crippen molar-refractivity contribution in [3.05, 3.63) is 29.8 Å². The summed E-state index contributed by atoms with van der Waals surface area (Å²) in [4.78, 5) is 37.8. The SMILES string of the molecule is CCOC(=O)Oc1ccc(C(=O)N2CCC(NC(=O)C(C)(C)C)CC2)cc1. The zero-order valence-corrected chi connectivity index (χ0v) is 16.4. The minimum absolute atomic E-state index is 0.0319. The third-order valence-corrected chi connectivity index (χ3v) is 4.36. The first kappa shape index (κ1) is 20.7. The normalized spacial score (nSPS) is 15.2. The molecule has 0 atom stereocenters. The van der Waals surface area contributed by atoms with Crippen LogP contribution in [0.1, 0.15) is 50.9 Å². The van der Waals surface area contributed by atoms with Crippen LogP contribution < -0.4 is 10.1 Å². The molecular weight excluding hydrogens is 348 g/mol. The first-order chi connectivity index (χ1) is 12.7. The molecule has 0 spiro atoms. The Bertz CT molecular complexity index is 671. The standard InChI is InChI=1S/C20H28N2O5/c1-5-26-19(25)27-16-8-6-14(7-9-16)17(23)22-12-10-15(11-13-22)21-18(24)20(2,3)4/h6-9,15H,5,10-13H2,1-4H3,(H,21,24). The molecule has 7 heteroatoms. The number of rotatable bonds is 4. The predicted molar refractivity (Wildman–Crippen MR) is 101 cm³/mol. The Morgan fingerprint density at radius 2 is 1.70 bits per heavy atom. The first-order valence-electron chi connectivity index (χ1n) is 9.25. The summed E-state index contributed by atoms with van der Waals surface area (Å²) < 4.78 is 9.70. The molecule has 1 N–H and O–H groups in total. The lowest BCUT2D eigenvalue weighted by Gasteiger charge is -2.33. The average molecular weight is 376 g/mol. The number of carbonyl (C=O) groups is 3. The van der Waals surface area contributed by atoms with Crippen LogP contribution in [0.2, 0.25) is 0 Å². The molecule has 27 heavy (non-hydrogen) atoms. The summed E-state index contributed by atoms with van der Waals surface area (Å²) in [5.74, 6) is 0.288. The van der Waals surface area contributed by atoms with E-state index in [2.05, 4.69) is 5.32 Å². The van der Waals surface area contributed by atoms with Crippen molar-refractivity contribution in [1.29, 1.82) is 0 Å². The number of hydrogen-bond acceptors (Lipinski definition) is 5. The predicted octanol–water partition coefficient (Wildman–Crippen LogP) is 2.99. The molecule has 1 aliphatic rings. The van der Waals surface area contributed by atoms with Crippen molar-refractivity contribution in [2.24, 2.45) is 5.41 Å². The molecule has 2 rings (SSSR count). The number of likely N-dealkylation sites (tertiary alicyclic amines) is 1. The molecule has 0 aromatic heterocycles. The minimum atomic E-state index is -0.768. The van der Waals surface area contributed by atoms with E-state index in [1.807, 2.05) is 20.8 Å². The highest BCUT2D eigenvalue weighted by Gasteiger charge is 2.28. The Kier molecular flexibility index (Phi) is 6.82. The molecule has 148 valence electrons. The van der Waals surface area contributed by atoms with Gasteiger partial charge in [0.2, 0.25) is 5.91 Å². The maximum absolute atomic E-state index is 12.6. The van der Waals surface area contributed by atoms with Gasteiger partial charge in [0.15, 0.2) is 0 Å². The van der Waals surface area contributed by atoms with Crippen LogP contribution in [0.4, 0.5) is 4.79 Å². The monoisotopic (exact) mass is 376 g/mol. The van der Waals surface area contributed by atoms with Gasteiger partial charge in [0.1, 0.15) is 5.75 Å². The van der Waals surface area contributed by atoms with Crippen LogP contribution >= 0.6 is 0 Å². The molecule has 0 saturated carbocycles. The zero-order valence-electron chi connectivity index (χ0n) is 16.4. The fraction of sp³-hybridized carbons (Fsp3) is 0.550. The summed E-state index contributed by atoms with van der Waals surface area (Å²) in [7, 11) is 0. The van der Waals surface area contributed by atoms with Gasteiger partial charge in [-0.3, -0.25) is 9.59 Å². The molecule has 0 aliphatic carbocycles. The molecule has 1 fully saturated rings. The van der Waals surface area contributed by atoms with Crippen molar-refractivity contribution in [1.82, 2.24) is 10.2 Å². The van der Waals surface area contributed by atoms with E-state index < -0.39 is 11.6 Å². The number of ether oxygens (including phenoxy) is 2. The number of carbonyl (C=O) groups excluding carboxylic acids is 3. The van der Waals surface area contributed by atoms with Crippen molar-refractivity contribution in [3.8, 4) is 5.75 Å². The molecule has 1 aliphatic heterocycles. The van der Waals surface area contributed by atoms with E-state index in [4.69, 9.17) is 9.47 Å². The van der Waals surface area contributed by atoms with Crippen LogP contribution in [-0.2, 0) is 9.53 Å². The lowest BCUT2D eigenvalue weighted by atomic mass is 9.94. The molecule has 1 aromatic rings. The first-order valence-corrected chi connectivity index (χ1v) is 9.25. The van der Waals surface area contributed by atoms with E-state index in [9.17, 15) is 14.4 Å². The Morgan fingerprint density at radius 1 is 1.11 bits per heavy atom. The van der Waals surface area contributed by atoms with Gasteiger partial charge in [-0.25, -0.2) is 4.79 Å². The van der Waals surface area contributed by atoms with Crippen LogP contribution in [0.15, 0.2) is 24.3 Å². The lowest BCUT2D eigenvalue weighted by Crippen LogP contribution is -2.49. The lowest BCUT2D eigenvalue weighted by molar-refractivity contribution is -0.129. The second-order valence-electron chi connectivity index (χ2n) is 7.60. The molecule has 0 unspecified atom stereocenters. The Balaban J connectivity index is 1.86. The van der Waals surface area contributed by atoms with Gasteiger partial charge in [-0.1, -0.05) is 20.8 Å². The fourth-order valence-corrected chi connectivity index (χ4v) is 2.72. The van der Waals surface area contributed by atoms with Crippen LogP contribution in [-0.4, -0.2) is 48.6 Å². The van der Waals surface area contributed by atoms with E-state index in [1.165, 1.54) is 0 Å². The average Bonchev–Trinajstić information content (AvgIpc) is 2.62. The van der Waals surface area contributed by atoms with Crippen molar-refractivity contribution in [2.45, 2.75) is 46.6 Å². The Hall–Kier alpha value is -2.57. The minimum Gasteiger partial charge on any atom is -0.434 e. The molecule has 7 nitrogen and oxygen atoms in total. The number of amides is 2. The van der Waals surface area contributed by atoms with E-state index in [0.29, 0.717) is 24.4 Å². The van der Waals surface area contributed by atoms with E-state index in [-0.39, 0.29) is 24.5 Å². The number of nitrogens with one attached hydrogen (secondary N) is 1. The van der Waals surface area contributed by atoms with Crippen LogP contribution in [0.3, 0.4) is 0 Å². The summed E-state index contributed by atoms with van der Waals surface area (Å²) in [5, 5.41) is 3.06. The van der Waals surface area contributed by atoms with Gasteiger partial charge in [-0.05, 0) is 44.0 Å². The van der Waals surface area contributed by atoms with Crippen LogP contribution in [0.5, 0.6) is 5.75 Å². The summed E-state index contributed by atoms with van der Waals surface area (Å²) in [6, 6.07) is 6.50. The molecular formula is C20H28N2O5. The molecule has 2 amide bonds. The number of hydrogen-bond donors (Lipinski definition) is 1. The molecule has 1 aromatic carbocycles. The number of piperidine rings is 1. The molecule has 1 saturated heterocycles. The van der Waals surface area contributed by atoms with Gasteiger partial charge in [-0.15, -0.1) is 0 Å². The van der Waals surface area contributed by atoms with E-state index in [1.54, 1.807) is 36.1 Å². The Morgan fingerprint density at radius 3 is 2.22 bits per heavy atom. The third kappa shape index (κ3) is 5.98. The van der Waals surface area contributed by atoms with Gasteiger partial charge in [0.05, 0.1) is 6.61 Å². The molecule has 1 heterocycles. The fourth-order valence-electron chi connectivity index (χ4n) is 2.72. The molecule has 0 bridgehead atoms. The highest BCUT2D eigenvalue weighted by atomic mass is 16.7. The van der Waals surface area contributed by atoms with Crippen LogP contribution in [0.25, 0.3) is 0 Å². The second kappa shape index (κ2) is 8.88. The van der Waals surface area contributed by atoms with Gasteiger partial charge in [0.25, 0.3) is 5.91 Å². The van der Waals surface area contributed by atoms with E-state index >= 15 is 0 Å². The van der Waals surface area contributed by atoms with Gasteiger partial charge in [0, 0.05) is 30.1 Å². The van der Waals surface area contributed by atoms with Gasteiger partial charge >= 0.3 is 6.16 Å². The topological polar surface area (TPSA) is 84.9 Å². The maximum atomic E-state index is 12.6. The van der Waals surface area contributed by atoms with Crippen molar-refractivity contribution in [2.75, 3.05) is 19.7 Å². The highest BCUT2D eigenvalue weighted by Crippen LogP contribution is 2.19. The number of benzene rings is 1. The van der Waals surface area contributed by atoms with Gasteiger partial charge in [-0.2, -0.15) is 0 Å². The van der Waals surface area contributed by atoms with Crippen molar-refractivity contribution in [3.63, 3.8) is 0 Å². The summed E-state index contributed by atoms with van der Waals surface area (Å²) in [6.07, 6.45) is 0.700. The highest BCUT2D eigenvalue weighted by molar-refractivity contribution is 5.94. The van der Waals surface area contributed by atoms with Crippen molar-refractivity contribution >= 4 is 18.0 Å². The quantitative estimate of drug-likeness (QED) is 0.645. The third-order valence-electron chi connectivity index (χ3n) is 4.36. The summed E-state index contributed by atoms with van der Waals surface area (Å²) in [6.45, 7) is 8.77. The van der Waals surface area contributed by atoms with Gasteiger partial charge < -0.3 is 19.7 Å². The Labute approximate surface area is 160 Å². The summed E-state index contributed by atoms with van der Waals surface area (Å²) in [5.41, 5.74) is 0.115.